The Morgan fingerprint density at radius 2 is 2.00 bits per heavy atom. The molecule has 1 rings (SSSR count). The zero-order valence-electron chi connectivity index (χ0n) is 4.53. The summed E-state index contributed by atoms with van der Waals surface area (Å²) >= 11 is 5.00. The molecule has 2 radical (unpaired) electrons. The third-order valence-electron chi connectivity index (χ3n) is 0.681. The molecule has 0 saturated heterocycles. The monoisotopic (exact) mass is 255 g/mol. The first-order valence-corrected chi connectivity index (χ1v) is 6.53. The minimum absolute atomic E-state index is 0.0532. The van der Waals surface area contributed by atoms with Gasteiger partial charge in [0, 0.05) is 12.3 Å². The Bertz CT molecular complexity index is 181. The zero-order chi connectivity index (χ0) is 7.11. The molecule has 2 nitrogen and oxygen atoms in total. The van der Waals surface area contributed by atoms with Gasteiger partial charge in [-0.25, -0.2) is 0 Å². The van der Waals surface area contributed by atoms with E-state index in [4.69, 9.17) is 0 Å². The van der Waals surface area contributed by atoms with Gasteiger partial charge in [-0.05, 0) is 6.07 Å². The van der Waals surface area contributed by atoms with Crippen LogP contribution in [0.1, 0.15) is 0 Å². The second-order valence-electron chi connectivity index (χ2n) is 1.23. The summed E-state index contributed by atoms with van der Waals surface area (Å²) in [5.74, 6) is 0. The molecular weight excluding hydrogens is 248 g/mol. The number of aromatic nitrogens is 1. The molecule has 0 aliphatic heterocycles. The van der Waals surface area contributed by atoms with Crippen LogP contribution >= 0.6 is 0 Å². The molecule has 48 valence electrons. The summed E-state index contributed by atoms with van der Waals surface area (Å²) in [6.45, 7) is 0. The van der Waals surface area contributed by atoms with Gasteiger partial charge >= 0.3 is 28.4 Å². The fourth-order valence-electron chi connectivity index (χ4n) is 0.377. The van der Waals surface area contributed by atoms with Crippen molar-refractivity contribution in [2.75, 3.05) is 0 Å². The number of nitrogens with one attached hydrogen (secondary N) is 1. The van der Waals surface area contributed by atoms with E-state index in [2.05, 4.69) is 33.4 Å². The van der Waals surface area contributed by atoms with Crippen molar-refractivity contribution in [3.8, 4) is 0 Å². The van der Waals surface area contributed by atoms with Crippen LogP contribution in [0.15, 0.2) is 29.2 Å². The molecule has 0 aliphatic carbocycles. The summed E-state index contributed by atoms with van der Waals surface area (Å²) in [7, 11) is 0. The number of pyridine rings is 1. The number of rotatable bonds is 0. The maximum atomic E-state index is 10.2. The van der Waals surface area contributed by atoms with E-state index in [0.717, 1.165) is 0 Å². The van der Waals surface area contributed by atoms with E-state index < -0.39 is 0 Å². The van der Waals surface area contributed by atoms with Gasteiger partial charge in [-0.1, -0.05) is 6.07 Å². The Hall–Kier alpha value is -0.0110. The first kappa shape index (κ1) is 8.99. The van der Waals surface area contributed by atoms with Crippen molar-refractivity contribution in [2.24, 2.45) is 0 Å². The summed E-state index contributed by atoms with van der Waals surface area (Å²) in [6, 6.07) is 4.93. The maximum absolute atomic E-state index is 10.2. The van der Waals surface area contributed by atoms with Crippen LogP contribution in [0.2, 0.25) is 0 Å². The molecule has 9 heavy (non-hydrogen) atoms. The van der Waals surface area contributed by atoms with Gasteiger partial charge in [-0.2, -0.15) is 0 Å². The molecule has 0 unspecified atom stereocenters. The molecule has 0 aromatic carbocycles. The van der Waals surface area contributed by atoms with Crippen LogP contribution in [-0.2, 0) is 0 Å². The van der Waals surface area contributed by atoms with E-state index in [1.807, 2.05) is 0 Å². The molecule has 0 bridgehead atoms. The van der Waals surface area contributed by atoms with Gasteiger partial charge in [0.2, 0.25) is 5.56 Å². The SMILES string of the molecule is O=c1cccc[nH]1.[Se][Se]. The molecular formula is C5H5NOSe2. The van der Waals surface area contributed by atoms with E-state index in [1.54, 1.807) is 18.3 Å². The van der Waals surface area contributed by atoms with Crippen molar-refractivity contribution in [2.45, 2.75) is 0 Å². The number of hydrogen-bond acceptors (Lipinski definition) is 1. The van der Waals surface area contributed by atoms with Gasteiger partial charge < -0.3 is 4.98 Å². The second kappa shape index (κ2) is 6.11. The average molecular weight is 253 g/mol. The predicted octanol–water partition coefficient (Wildman–Crippen LogP) is -0.387. The van der Waals surface area contributed by atoms with E-state index in [0.29, 0.717) is 0 Å². The number of aromatic amines is 1. The van der Waals surface area contributed by atoms with Crippen molar-refractivity contribution in [3.05, 3.63) is 34.7 Å². The summed E-state index contributed by atoms with van der Waals surface area (Å²) in [4.78, 5) is 12.7. The molecule has 0 atom stereocenters. The Kier molecular flexibility index (Phi) is 6.11. The molecule has 1 N–H and O–H groups in total. The molecule has 0 aliphatic rings. The minimum atomic E-state index is -0.0532. The van der Waals surface area contributed by atoms with E-state index in [-0.39, 0.29) is 5.56 Å². The van der Waals surface area contributed by atoms with Crippen molar-refractivity contribution in [1.29, 1.82) is 0 Å². The summed E-state index contributed by atoms with van der Waals surface area (Å²) in [5.41, 5.74) is -0.0532. The standard InChI is InChI=1S/C5H5NO.Se2/c7-5-3-1-2-4-6-5;1-2/h1-4H,(H,6,7);. The van der Waals surface area contributed by atoms with E-state index in [1.165, 1.54) is 6.07 Å². The van der Waals surface area contributed by atoms with Crippen molar-refractivity contribution in [1.82, 2.24) is 4.98 Å². The van der Waals surface area contributed by atoms with Gasteiger partial charge in [-0.15, -0.1) is 0 Å². The van der Waals surface area contributed by atoms with Crippen LogP contribution in [0.25, 0.3) is 0 Å². The van der Waals surface area contributed by atoms with E-state index in [9.17, 15) is 4.79 Å². The van der Waals surface area contributed by atoms with Crippen molar-refractivity contribution < 1.29 is 0 Å². The molecule has 0 fully saturated rings. The Morgan fingerprint density at radius 3 is 2.22 bits per heavy atom. The zero-order valence-corrected chi connectivity index (χ0v) is 7.96. The molecule has 1 aromatic heterocycles. The molecule has 4 heteroatoms. The fraction of sp³-hybridized carbons (Fsp3) is 0. The van der Waals surface area contributed by atoms with Gasteiger partial charge in [0.05, 0.1) is 0 Å². The topological polar surface area (TPSA) is 32.9 Å². The van der Waals surface area contributed by atoms with Crippen molar-refractivity contribution >= 4 is 28.4 Å². The quantitative estimate of drug-likeness (QED) is 0.628. The van der Waals surface area contributed by atoms with Crippen LogP contribution in [0.3, 0.4) is 0 Å². The van der Waals surface area contributed by atoms with Crippen LogP contribution < -0.4 is 5.56 Å². The van der Waals surface area contributed by atoms with Crippen LogP contribution in [0.4, 0.5) is 0 Å². The molecule has 1 aromatic rings. The first-order chi connectivity index (χ1) is 4.39. The van der Waals surface area contributed by atoms with Crippen molar-refractivity contribution in [3.63, 3.8) is 0 Å². The Labute approximate surface area is 68.2 Å². The summed E-state index contributed by atoms with van der Waals surface area (Å²) in [5, 5.41) is 0. The predicted molar refractivity (Wildman–Crippen MR) is 38.6 cm³/mol. The molecule has 0 spiro atoms. The van der Waals surface area contributed by atoms with E-state index >= 15 is 0 Å². The van der Waals surface area contributed by atoms with Crippen LogP contribution in [-0.4, -0.2) is 33.4 Å². The van der Waals surface area contributed by atoms with Crippen LogP contribution in [0.5, 0.6) is 0 Å². The third kappa shape index (κ3) is 4.49. The molecule has 1 heterocycles. The van der Waals surface area contributed by atoms with Gasteiger partial charge in [0.15, 0.2) is 0 Å². The van der Waals surface area contributed by atoms with Gasteiger partial charge in [-0.3, -0.25) is 4.79 Å². The number of hydrogen-bond donors (Lipinski definition) is 1. The average Bonchev–Trinajstić information content (AvgIpc) is 1.94. The van der Waals surface area contributed by atoms with Gasteiger partial charge in [0.25, 0.3) is 0 Å². The normalized spacial score (nSPS) is 7.33. The molecule has 0 amide bonds. The third-order valence-corrected chi connectivity index (χ3v) is 0.681. The fourth-order valence-corrected chi connectivity index (χ4v) is 0.377. The van der Waals surface area contributed by atoms with Crippen LogP contribution in [0, 0.1) is 0 Å². The Balaban J connectivity index is 0.000000291. The molecule has 0 saturated carbocycles. The number of H-pyrrole nitrogens is 1. The summed E-state index contributed by atoms with van der Waals surface area (Å²) in [6.07, 6.45) is 1.60. The second-order valence-corrected chi connectivity index (χ2v) is 1.23. The first-order valence-electron chi connectivity index (χ1n) is 2.20. The summed E-state index contributed by atoms with van der Waals surface area (Å²) < 4.78 is 0. The van der Waals surface area contributed by atoms with Gasteiger partial charge in [0.1, 0.15) is 0 Å². The Morgan fingerprint density at radius 1 is 1.33 bits per heavy atom.